The molecule has 162 valence electrons. The number of hydrogen-bond acceptors (Lipinski definition) is 6. The monoisotopic (exact) mass is 434 g/mol. The van der Waals surface area contributed by atoms with Crippen LogP contribution in [-0.2, 0) is 11.3 Å². The van der Waals surface area contributed by atoms with E-state index < -0.39 is 6.10 Å². The zero-order valence-electron chi connectivity index (χ0n) is 17.5. The largest absolute Gasteiger partial charge is 0.481 e. The molecule has 2 amide bonds. The zero-order valence-corrected chi connectivity index (χ0v) is 18.2. The summed E-state index contributed by atoms with van der Waals surface area (Å²) in [6.07, 6.45) is 0.957. The molecule has 2 heterocycles. The van der Waals surface area contributed by atoms with Crippen molar-refractivity contribution in [3.8, 4) is 5.75 Å². The maximum Gasteiger partial charge on any atom is 0.276 e. The molecule has 0 saturated carbocycles. The van der Waals surface area contributed by atoms with Gasteiger partial charge in [-0.05, 0) is 44.7 Å². The van der Waals surface area contributed by atoms with Gasteiger partial charge in [0.2, 0.25) is 0 Å². The third-order valence-corrected chi connectivity index (χ3v) is 5.23. The van der Waals surface area contributed by atoms with Gasteiger partial charge in [0.15, 0.2) is 11.8 Å². The molecule has 0 aliphatic carbocycles. The number of carbonyl (C=O) groups excluding carboxylic acids is 2. The lowest BCUT2D eigenvalue weighted by atomic mass is 10.2. The van der Waals surface area contributed by atoms with Gasteiger partial charge in [0.1, 0.15) is 5.75 Å². The molecule has 1 fully saturated rings. The Balaban J connectivity index is 1.44. The molecule has 10 heteroatoms. The van der Waals surface area contributed by atoms with Crippen LogP contribution in [0.3, 0.4) is 0 Å². The van der Waals surface area contributed by atoms with Crippen molar-refractivity contribution in [1.29, 1.82) is 0 Å². The molecule has 1 aliphatic heterocycles. The average Bonchev–Trinajstić information content (AvgIpc) is 3.19. The van der Waals surface area contributed by atoms with Gasteiger partial charge in [0, 0.05) is 37.7 Å². The number of aryl methyl sites for hydroxylation is 1. The lowest BCUT2D eigenvalue weighted by molar-refractivity contribution is -0.127. The molecule has 9 nitrogen and oxygen atoms in total. The normalized spacial score (nSPS) is 15.7. The molecular formula is C20H27ClN6O3. The first-order valence-electron chi connectivity index (χ1n) is 9.92. The Labute approximate surface area is 180 Å². The van der Waals surface area contributed by atoms with E-state index >= 15 is 0 Å². The Morgan fingerprint density at radius 2 is 2.00 bits per heavy atom. The summed E-state index contributed by atoms with van der Waals surface area (Å²) in [5.74, 6) is 0.266. The summed E-state index contributed by atoms with van der Waals surface area (Å²) in [5, 5.41) is 11.4. The molecule has 0 bridgehead atoms. The molecule has 1 N–H and O–H groups in total. The van der Waals surface area contributed by atoms with E-state index in [0.717, 1.165) is 18.7 Å². The van der Waals surface area contributed by atoms with Gasteiger partial charge in [-0.3, -0.25) is 9.59 Å². The van der Waals surface area contributed by atoms with Gasteiger partial charge in [0.05, 0.1) is 12.7 Å². The molecule has 0 radical (unpaired) electrons. The number of hydrogen-bond donors (Lipinski definition) is 1. The van der Waals surface area contributed by atoms with Gasteiger partial charge in [-0.25, -0.2) is 4.68 Å². The smallest absolute Gasteiger partial charge is 0.276 e. The van der Waals surface area contributed by atoms with E-state index in [1.165, 1.54) is 0 Å². The third-order valence-electron chi connectivity index (χ3n) is 5.00. The summed E-state index contributed by atoms with van der Waals surface area (Å²) < 4.78 is 7.27. The van der Waals surface area contributed by atoms with Crippen LogP contribution < -0.4 is 10.1 Å². The summed E-state index contributed by atoms with van der Waals surface area (Å²) in [6.45, 7) is 7.37. The quantitative estimate of drug-likeness (QED) is 0.704. The lowest BCUT2D eigenvalue weighted by Crippen LogP contribution is -2.47. The number of nitrogens with one attached hydrogen (secondary N) is 1. The predicted molar refractivity (Wildman–Crippen MR) is 113 cm³/mol. The van der Waals surface area contributed by atoms with E-state index in [2.05, 4.69) is 20.5 Å². The first-order valence-corrected chi connectivity index (χ1v) is 10.3. The molecular weight excluding hydrogens is 408 g/mol. The van der Waals surface area contributed by atoms with Crippen molar-refractivity contribution in [2.75, 3.05) is 39.8 Å². The Kier molecular flexibility index (Phi) is 7.28. The van der Waals surface area contributed by atoms with Gasteiger partial charge in [-0.1, -0.05) is 16.8 Å². The standard InChI is InChI=1S/C20H27ClN6O3/c1-14-12-16(21)4-5-18(14)30-15(2)19(28)22-6-7-27-13-17(23-24-27)20(29)26-10-8-25(3)9-11-26/h4-5,12-13,15H,6-11H2,1-3H3,(H,22,28). The van der Waals surface area contributed by atoms with Crippen molar-refractivity contribution < 1.29 is 14.3 Å². The molecule has 1 atom stereocenters. The maximum absolute atomic E-state index is 12.5. The summed E-state index contributed by atoms with van der Waals surface area (Å²) >= 11 is 5.94. The van der Waals surface area contributed by atoms with Gasteiger partial charge in [-0.2, -0.15) is 0 Å². The Hall–Kier alpha value is -2.65. The highest BCUT2D eigenvalue weighted by Crippen LogP contribution is 2.22. The average molecular weight is 435 g/mol. The Morgan fingerprint density at radius 3 is 2.70 bits per heavy atom. The first kappa shape index (κ1) is 22.0. The number of rotatable bonds is 7. The van der Waals surface area contributed by atoms with E-state index in [1.807, 2.05) is 14.0 Å². The number of carbonyl (C=O) groups is 2. The fourth-order valence-corrected chi connectivity index (χ4v) is 3.33. The van der Waals surface area contributed by atoms with Crippen LogP contribution in [0.2, 0.25) is 5.02 Å². The van der Waals surface area contributed by atoms with Crippen molar-refractivity contribution in [3.05, 3.63) is 40.7 Å². The van der Waals surface area contributed by atoms with E-state index in [4.69, 9.17) is 16.3 Å². The molecule has 1 saturated heterocycles. The van der Waals surface area contributed by atoms with E-state index in [9.17, 15) is 9.59 Å². The topological polar surface area (TPSA) is 92.6 Å². The number of ether oxygens (including phenoxy) is 1. The summed E-state index contributed by atoms with van der Waals surface area (Å²) in [5.41, 5.74) is 1.18. The summed E-state index contributed by atoms with van der Waals surface area (Å²) in [6, 6.07) is 5.25. The van der Waals surface area contributed by atoms with Crippen LogP contribution >= 0.6 is 11.6 Å². The number of nitrogens with zero attached hydrogens (tertiary/aromatic N) is 5. The predicted octanol–water partition coefficient (Wildman–Crippen LogP) is 1.21. The SMILES string of the molecule is Cc1cc(Cl)ccc1OC(C)C(=O)NCCn1cc(C(=O)N2CCN(C)CC2)nn1. The fraction of sp³-hybridized carbons (Fsp3) is 0.500. The molecule has 0 spiro atoms. The van der Waals surface area contributed by atoms with Gasteiger partial charge in [-0.15, -0.1) is 5.10 Å². The van der Waals surface area contributed by atoms with E-state index in [0.29, 0.717) is 42.6 Å². The second-order valence-corrected chi connectivity index (χ2v) is 7.86. The number of likely N-dealkylation sites (N-methyl/N-ethyl adjacent to an activating group) is 1. The minimum absolute atomic E-state index is 0.112. The van der Waals surface area contributed by atoms with Crippen LogP contribution in [0.1, 0.15) is 23.0 Å². The molecule has 1 aromatic heterocycles. The van der Waals surface area contributed by atoms with Crippen LogP contribution in [0, 0.1) is 6.92 Å². The minimum Gasteiger partial charge on any atom is -0.481 e. The number of halogens is 1. The van der Waals surface area contributed by atoms with Crippen molar-refractivity contribution in [2.45, 2.75) is 26.5 Å². The van der Waals surface area contributed by atoms with Crippen molar-refractivity contribution >= 4 is 23.4 Å². The van der Waals surface area contributed by atoms with Gasteiger partial charge in [0.25, 0.3) is 11.8 Å². The molecule has 1 unspecified atom stereocenters. The molecule has 2 aromatic rings. The zero-order chi connectivity index (χ0) is 21.7. The van der Waals surface area contributed by atoms with Crippen molar-refractivity contribution in [2.24, 2.45) is 0 Å². The van der Waals surface area contributed by atoms with Gasteiger partial charge >= 0.3 is 0 Å². The number of amides is 2. The first-order chi connectivity index (χ1) is 14.3. The number of benzene rings is 1. The molecule has 1 aliphatic rings. The highest BCUT2D eigenvalue weighted by atomic mass is 35.5. The second kappa shape index (κ2) is 9.90. The van der Waals surface area contributed by atoms with E-state index in [-0.39, 0.29) is 11.8 Å². The second-order valence-electron chi connectivity index (χ2n) is 7.42. The molecule has 3 rings (SSSR count). The van der Waals surface area contributed by atoms with E-state index in [1.54, 1.807) is 40.9 Å². The van der Waals surface area contributed by atoms with Crippen LogP contribution in [0.5, 0.6) is 5.75 Å². The number of aromatic nitrogens is 3. The minimum atomic E-state index is -0.657. The highest BCUT2D eigenvalue weighted by molar-refractivity contribution is 6.30. The van der Waals surface area contributed by atoms with Crippen LogP contribution in [-0.4, -0.2) is 82.5 Å². The van der Waals surface area contributed by atoms with Crippen LogP contribution in [0.4, 0.5) is 0 Å². The summed E-state index contributed by atoms with van der Waals surface area (Å²) in [4.78, 5) is 28.8. The van der Waals surface area contributed by atoms with Crippen LogP contribution in [0.25, 0.3) is 0 Å². The third kappa shape index (κ3) is 5.70. The number of piperazine rings is 1. The summed E-state index contributed by atoms with van der Waals surface area (Å²) in [7, 11) is 2.04. The van der Waals surface area contributed by atoms with Crippen molar-refractivity contribution in [1.82, 2.24) is 30.1 Å². The maximum atomic E-state index is 12.5. The van der Waals surface area contributed by atoms with Crippen molar-refractivity contribution in [3.63, 3.8) is 0 Å². The molecule has 30 heavy (non-hydrogen) atoms. The highest BCUT2D eigenvalue weighted by Gasteiger charge is 2.22. The Morgan fingerprint density at radius 1 is 1.27 bits per heavy atom. The lowest BCUT2D eigenvalue weighted by Gasteiger charge is -2.31. The van der Waals surface area contributed by atoms with Crippen LogP contribution in [0.15, 0.2) is 24.4 Å². The fourth-order valence-electron chi connectivity index (χ4n) is 3.10. The molecule has 1 aromatic carbocycles. The Bertz CT molecular complexity index is 894. The van der Waals surface area contributed by atoms with Gasteiger partial charge < -0.3 is 19.9 Å².